The molecule has 1 heterocycles. The van der Waals surface area contributed by atoms with Crippen LogP contribution in [-0.2, 0) is 0 Å². The van der Waals surface area contributed by atoms with Gasteiger partial charge >= 0.3 is 0 Å². The Kier molecular flexibility index (Phi) is 4.47. The molecule has 1 aromatic heterocycles. The van der Waals surface area contributed by atoms with Gasteiger partial charge in [0.15, 0.2) is 5.75 Å². The molecule has 3 rings (SSSR count). The first-order valence-electron chi connectivity index (χ1n) is 6.47. The monoisotopic (exact) mass is 394 g/mol. The van der Waals surface area contributed by atoms with Gasteiger partial charge in [-0.05, 0) is 52.5 Å². The SMILES string of the molecule is CSc1cccc(N=Cc2[nH]c3ccc(Br)c(Cl)c3c2O)c1. The van der Waals surface area contributed by atoms with Crippen molar-refractivity contribution in [3.8, 4) is 5.75 Å². The molecule has 0 aliphatic heterocycles. The quantitative estimate of drug-likeness (QED) is 0.437. The molecule has 0 bridgehead atoms. The molecule has 2 aromatic carbocycles. The number of nitrogens with zero attached hydrogens (tertiary/aromatic N) is 1. The number of halogens is 2. The van der Waals surface area contributed by atoms with Crippen molar-refractivity contribution in [3.05, 3.63) is 51.6 Å². The van der Waals surface area contributed by atoms with E-state index in [-0.39, 0.29) is 5.75 Å². The van der Waals surface area contributed by atoms with Gasteiger partial charge in [0.05, 0.1) is 27.8 Å². The molecule has 0 aliphatic carbocycles. The third kappa shape index (κ3) is 2.89. The van der Waals surface area contributed by atoms with Crippen molar-refractivity contribution in [1.29, 1.82) is 0 Å². The maximum absolute atomic E-state index is 10.3. The number of hydrogen-bond acceptors (Lipinski definition) is 3. The minimum atomic E-state index is 0.103. The molecule has 6 heteroatoms. The summed E-state index contributed by atoms with van der Waals surface area (Å²) in [5.74, 6) is 0.103. The number of aromatic hydroxyl groups is 1. The first-order valence-corrected chi connectivity index (χ1v) is 8.86. The lowest BCUT2D eigenvalue weighted by molar-refractivity contribution is 0.480. The lowest BCUT2D eigenvalue weighted by Crippen LogP contribution is -1.80. The Balaban J connectivity index is 2.02. The van der Waals surface area contributed by atoms with Gasteiger partial charge in [0.2, 0.25) is 0 Å². The van der Waals surface area contributed by atoms with E-state index in [1.807, 2.05) is 42.7 Å². The average Bonchev–Trinajstić information content (AvgIpc) is 2.86. The van der Waals surface area contributed by atoms with Crippen LogP contribution in [0.1, 0.15) is 5.69 Å². The fourth-order valence-electron chi connectivity index (χ4n) is 2.15. The molecule has 0 unspecified atom stereocenters. The third-order valence-corrected chi connectivity index (χ3v) is 5.26. The van der Waals surface area contributed by atoms with Crippen LogP contribution < -0.4 is 0 Å². The molecule has 0 radical (unpaired) electrons. The number of aromatic nitrogens is 1. The molecule has 112 valence electrons. The summed E-state index contributed by atoms with van der Waals surface area (Å²) in [6, 6.07) is 11.6. The molecule has 3 nitrogen and oxygen atoms in total. The third-order valence-electron chi connectivity index (χ3n) is 3.25. The van der Waals surface area contributed by atoms with Crippen molar-refractivity contribution < 1.29 is 5.11 Å². The second-order valence-electron chi connectivity index (χ2n) is 4.63. The van der Waals surface area contributed by atoms with E-state index in [4.69, 9.17) is 11.6 Å². The number of benzene rings is 2. The maximum Gasteiger partial charge on any atom is 0.151 e. The Bertz CT molecular complexity index is 876. The van der Waals surface area contributed by atoms with Gasteiger partial charge in [-0.2, -0.15) is 0 Å². The number of aliphatic imine (C=N–C) groups is 1. The van der Waals surface area contributed by atoms with Crippen molar-refractivity contribution in [2.75, 3.05) is 6.26 Å². The van der Waals surface area contributed by atoms with Crippen LogP contribution in [0.5, 0.6) is 5.75 Å². The standard InChI is InChI=1S/C16H12BrClN2OS/c1-22-10-4-2-3-9(7-10)19-8-13-16(21)14-12(20-13)6-5-11(17)15(14)18/h2-8,20-21H,1H3. The summed E-state index contributed by atoms with van der Waals surface area (Å²) in [5.41, 5.74) is 2.13. The van der Waals surface area contributed by atoms with E-state index in [1.165, 1.54) is 0 Å². The van der Waals surface area contributed by atoms with Gasteiger partial charge in [-0.15, -0.1) is 11.8 Å². The molecule has 0 saturated heterocycles. The van der Waals surface area contributed by atoms with Crippen LogP contribution in [0.2, 0.25) is 5.02 Å². The van der Waals surface area contributed by atoms with Crippen LogP contribution in [0.3, 0.4) is 0 Å². The highest BCUT2D eigenvalue weighted by molar-refractivity contribution is 9.10. The summed E-state index contributed by atoms with van der Waals surface area (Å²) in [6.45, 7) is 0. The second kappa shape index (κ2) is 6.36. The van der Waals surface area contributed by atoms with Crippen LogP contribution in [-0.4, -0.2) is 22.6 Å². The predicted octanol–water partition coefficient (Wildman–Crippen LogP) is 5.76. The highest BCUT2D eigenvalue weighted by Gasteiger charge is 2.14. The lowest BCUT2D eigenvalue weighted by atomic mass is 10.2. The van der Waals surface area contributed by atoms with E-state index in [0.29, 0.717) is 16.1 Å². The van der Waals surface area contributed by atoms with E-state index < -0.39 is 0 Å². The highest BCUT2D eigenvalue weighted by Crippen LogP contribution is 2.38. The Morgan fingerprint density at radius 1 is 1.32 bits per heavy atom. The molecule has 0 aliphatic rings. The van der Waals surface area contributed by atoms with E-state index in [0.717, 1.165) is 20.6 Å². The Morgan fingerprint density at radius 2 is 2.14 bits per heavy atom. The highest BCUT2D eigenvalue weighted by atomic mass is 79.9. The van der Waals surface area contributed by atoms with Crippen molar-refractivity contribution in [3.63, 3.8) is 0 Å². The lowest BCUT2D eigenvalue weighted by Gasteiger charge is -1.98. The fraction of sp³-hybridized carbons (Fsp3) is 0.0625. The molecule has 0 amide bonds. The van der Waals surface area contributed by atoms with E-state index in [9.17, 15) is 5.11 Å². The smallest absolute Gasteiger partial charge is 0.151 e. The average molecular weight is 396 g/mol. The normalized spacial score (nSPS) is 11.6. The number of rotatable bonds is 3. The van der Waals surface area contributed by atoms with Gasteiger partial charge in [0, 0.05) is 9.37 Å². The number of H-pyrrole nitrogens is 1. The topological polar surface area (TPSA) is 48.4 Å². The summed E-state index contributed by atoms with van der Waals surface area (Å²) in [5, 5.41) is 11.4. The predicted molar refractivity (Wildman–Crippen MR) is 98.2 cm³/mol. The fourth-order valence-corrected chi connectivity index (χ4v) is 3.19. The van der Waals surface area contributed by atoms with E-state index in [2.05, 4.69) is 25.9 Å². The zero-order valence-corrected chi connectivity index (χ0v) is 14.8. The second-order valence-corrected chi connectivity index (χ2v) is 6.74. The van der Waals surface area contributed by atoms with Crippen molar-refractivity contribution in [2.45, 2.75) is 4.90 Å². The molecule has 22 heavy (non-hydrogen) atoms. The first kappa shape index (κ1) is 15.5. The Labute approximate surface area is 145 Å². The zero-order valence-electron chi connectivity index (χ0n) is 11.6. The minimum Gasteiger partial charge on any atom is -0.505 e. The van der Waals surface area contributed by atoms with Gasteiger partial charge in [0.25, 0.3) is 0 Å². The van der Waals surface area contributed by atoms with Crippen LogP contribution in [0, 0.1) is 0 Å². The maximum atomic E-state index is 10.3. The number of thioether (sulfide) groups is 1. The molecule has 2 N–H and O–H groups in total. The summed E-state index contributed by atoms with van der Waals surface area (Å²) in [6.07, 6.45) is 3.63. The summed E-state index contributed by atoms with van der Waals surface area (Å²) < 4.78 is 0.743. The van der Waals surface area contributed by atoms with Crippen molar-refractivity contribution in [1.82, 2.24) is 4.98 Å². The molecular weight excluding hydrogens is 384 g/mol. The zero-order chi connectivity index (χ0) is 15.7. The van der Waals surface area contributed by atoms with Gasteiger partial charge in [0.1, 0.15) is 5.69 Å². The summed E-state index contributed by atoms with van der Waals surface area (Å²) >= 11 is 11.2. The minimum absolute atomic E-state index is 0.103. The van der Waals surface area contributed by atoms with E-state index in [1.54, 1.807) is 18.0 Å². The number of nitrogens with one attached hydrogen (secondary N) is 1. The molecule has 0 spiro atoms. The van der Waals surface area contributed by atoms with Crippen LogP contribution in [0.25, 0.3) is 10.9 Å². The largest absolute Gasteiger partial charge is 0.505 e. The van der Waals surface area contributed by atoms with Gasteiger partial charge in [-0.3, -0.25) is 4.99 Å². The molecule has 3 aromatic rings. The summed E-state index contributed by atoms with van der Waals surface area (Å²) in [7, 11) is 0. The van der Waals surface area contributed by atoms with Gasteiger partial charge in [-0.1, -0.05) is 17.7 Å². The Morgan fingerprint density at radius 3 is 2.91 bits per heavy atom. The van der Waals surface area contributed by atoms with Crippen molar-refractivity contribution >= 4 is 62.1 Å². The first-order chi connectivity index (χ1) is 10.6. The number of hydrogen-bond donors (Lipinski definition) is 2. The molecular formula is C16H12BrClN2OS. The molecule has 0 saturated carbocycles. The molecule has 0 atom stereocenters. The molecule has 0 fully saturated rings. The van der Waals surface area contributed by atoms with Crippen molar-refractivity contribution in [2.24, 2.45) is 4.99 Å². The van der Waals surface area contributed by atoms with Crippen LogP contribution in [0.15, 0.2) is 50.8 Å². The summed E-state index contributed by atoms with van der Waals surface area (Å²) in [4.78, 5) is 8.67. The van der Waals surface area contributed by atoms with Gasteiger partial charge in [-0.25, -0.2) is 0 Å². The Hall–Kier alpha value is -1.43. The van der Waals surface area contributed by atoms with Gasteiger partial charge < -0.3 is 10.1 Å². The number of aromatic amines is 1. The number of fused-ring (bicyclic) bond motifs is 1. The van der Waals surface area contributed by atoms with Crippen LogP contribution in [0.4, 0.5) is 5.69 Å². The van der Waals surface area contributed by atoms with Crippen LogP contribution >= 0.6 is 39.3 Å². The van der Waals surface area contributed by atoms with E-state index >= 15 is 0 Å².